The third-order valence-electron chi connectivity index (χ3n) is 3.48. The largest absolute Gasteiger partial charge is 0.456 e. The summed E-state index contributed by atoms with van der Waals surface area (Å²) in [5.41, 5.74) is 3.87. The van der Waals surface area contributed by atoms with E-state index in [1.807, 2.05) is 19.1 Å². The Morgan fingerprint density at radius 3 is 2.87 bits per heavy atom. The van der Waals surface area contributed by atoms with E-state index in [2.05, 4.69) is 10.5 Å². The van der Waals surface area contributed by atoms with Crippen LogP contribution >= 0.6 is 0 Å². The molecule has 0 radical (unpaired) electrons. The number of esters is 1. The number of benzene rings is 1. The number of nitrogens with one attached hydrogen (secondary N) is 1. The average Bonchev–Trinajstić information content (AvgIpc) is 2.52. The second-order valence-electron chi connectivity index (χ2n) is 5.26. The van der Waals surface area contributed by atoms with E-state index < -0.39 is 11.6 Å². The third kappa shape index (κ3) is 3.28. The van der Waals surface area contributed by atoms with Crippen LogP contribution in [-0.4, -0.2) is 17.6 Å². The average molecular weight is 314 g/mol. The summed E-state index contributed by atoms with van der Waals surface area (Å²) in [6.45, 7) is 1.82. The highest BCUT2D eigenvalue weighted by atomic mass is 16.5. The normalized spacial score (nSPS) is 14.3. The first-order valence-electron chi connectivity index (χ1n) is 7.09. The Bertz CT molecular complexity index is 882. The van der Waals surface area contributed by atoms with E-state index in [9.17, 15) is 14.4 Å². The molecule has 0 saturated carbocycles. The lowest BCUT2D eigenvalue weighted by molar-refractivity contribution is -0.137. The molecule has 0 atom stereocenters. The van der Waals surface area contributed by atoms with Crippen LogP contribution in [0.1, 0.15) is 24.0 Å². The van der Waals surface area contributed by atoms with Crippen molar-refractivity contribution >= 4 is 28.6 Å². The molecule has 2 heterocycles. The van der Waals surface area contributed by atoms with Gasteiger partial charge in [0.25, 0.3) is 0 Å². The van der Waals surface area contributed by atoms with Gasteiger partial charge in [-0.3, -0.25) is 4.79 Å². The summed E-state index contributed by atoms with van der Waals surface area (Å²) in [7, 11) is 0. The minimum atomic E-state index is -0.612. The molecule has 7 heteroatoms. The van der Waals surface area contributed by atoms with E-state index in [-0.39, 0.29) is 31.1 Å². The zero-order valence-electron chi connectivity index (χ0n) is 12.4. The van der Waals surface area contributed by atoms with E-state index in [1.54, 1.807) is 6.07 Å². The van der Waals surface area contributed by atoms with Crippen LogP contribution in [0.25, 0.3) is 11.0 Å². The molecule has 1 amide bonds. The van der Waals surface area contributed by atoms with Crippen molar-refractivity contribution in [1.82, 2.24) is 5.43 Å². The minimum Gasteiger partial charge on any atom is -0.456 e. The van der Waals surface area contributed by atoms with E-state index in [0.29, 0.717) is 16.5 Å². The smallest absolute Gasteiger partial charge is 0.354 e. The van der Waals surface area contributed by atoms with E-state index in [4.69, 9.17) is 9.15 Å². The lowest BCUT2D eigenvalue weighted by Gasteiger charge is -2.12. The Labute approximate surface area is 130 Å². The summed E-state index contributed by atoms with van der Waals surface area (Å²) in [4.78, 5) is 34.6. The maximum absolute atomic E-state index is 11.9. The number of rotatable bonds is 3. The fraction of sp³-hybridized carbons (Fsp3) is 0.250. The number of nitrogens with zero attached hydrogens (tertiary/aromatic N) is 1. The molecule has 2 aromatic rings. The molecule has 0 aliphatic carbocycles. The van der Waals surface area contributed by atoms with Crippen LogP contribution in [0.2, 0.25) is 0 Å². The predicted octanol–water partition coefficient (Wildman–Crippen LogP) is 1.41. The fourth-order valence-electron chi connectivity index (χ4n) is 2.30. The number of ether oxygens (including phenoxy) is 1. The van der Waals surface area contributed by atoms with Gasteiger partial charge in [0.1, 0.15) is 17.9 Å². The number of hydrogen-bond acceptors (Lipinski definition) is 6. The Hall–Kier alpha value is -2.96. The Morgan fingerprint density at radius 1 is 1.30 bits per heavy atom. The molecule has 7 nitrogen and oxygen atoms in total. The Kier molecular flexibility index (Phi) is 3.92. The van der Waals surface area contributed by atoms with E-state index in [0.717, 1.165) is 5.56 Å². The fourth-order valence-corrected chi connectivity index (χ4v) is 2.30. The van der Waals surface area contributed by atoms with Gasteiger partial charge < -0.3 is 9.15 Å². The molecule has 0 unspecified atom stereocenters. The monoisotopic (exact) mass is 314 g/mol. The van der Waals surface area contributed by atoms with Crippen LogP contribution in [0.4, 0.5) is 0 Å². The summed E-state index contributed by atoms with van der Waals surface area (Å²) in [5, 5.41) is 4.39. The molecule has 1 aromatic carbocycles. The van der Waals surface area contributed by atoms with Gasteiger partial charge in [0.2, 0.25) is 5.91 Å². The van der Waals surface area contributed by atoms with Gasteiger partial charge in [0, 0.05) is 29.9 Å². The standard InChI is InChI=1S/C16H14N2O5/c1-9-2-3-11-10(7-15(20)23-13(11)6-9)8-22-16(21)12-4-5-14(19)18-17-12/h2-3,6-7H,4-5,8H2,1H3,(H,18,19). The minimum absolute atomic E-state index is 0.0725. The van der Waals surface area contributed by atoms with Gasteiger partial charge in [-0.1, -0.05) is 12.1 Å². The van der Waals surface area contributed by atoms with Crippen LogP contribution in [0.5, 0.6) is 0 Å². The SMILES string of the molecule is Cc1ccc2c(COC(=O)C3=NNC(=O)CC3)cc(=O)oc2c1. The van der Waals surface area contributed by atoms with Crippen molar-refractivity contribution < 1.29 is 18.7 Å². The van der Waals surface area contributed by atoms with Crippen LogP contribution < -0.4 is 11.1 Å². The van der Waals surface area contributed by atoms with Crippen molar-refractivity contribution in [3.63, 3.8) is 0 Å². The molecule has 1 aromatic heterocycles. The first kappa shape index (κ1) is 15.0. The zero-order chi connectivity index (χ0) is 16.4. The van der Waals surface area contributed by atoms with Gasteiger partial charge >= 0.3 is 11.6 Å². The predicted molar refractivity (Wildman–Crippen MR) is 81.8 cm³/mol. The van der Waals surface area contributed by atoms with Gasteiger partial charge in [-0.05, 0) is 18.6 Å². The molecular weight excluding hydrogens is 300 g/mol. The van der Waals surface area contributed by atoms with Crippen molar-refractivity contribution in [2.24, 2.45) is 5.10 Å². The number of aryl methyl sites for hydroxylation is 1. The molecule has 118 valence electrons. The zero-order valence-corrected chi connectivity index (χ0v) is 12.4. The van der Waals surface area contributed by atoms with Crippen molar-refractivity contribution in [2.75, 3.05) is 0 Å². The number of hydrogen-bond donors (Lipinski definition) is 1. The third-order valence-corrected chi connectivity index (χ3v) is 3.48. The molecule has 1 aliphatic rings. The Balaban J connectivity index is 1.81. The second-order valence-corrected chi connectivity index (χ2v) is 5.26. The molecule has 0 bridgehead atoms. The second kappa shape index (κ2) is 6.04. The summed E-state index contributed by atoms with van der Waals surface area (Å²) < 4.78 is 10.3. The lowest BCUT2D eigenvalue weighted by atomic mass is 10.1. The number of hydrazone groups is 1. The van der Waals surface area contributed by atoms with Crippen molar-refractivity contribution in [1.29, 1.82) is 0 Å². The summed E-state index contributed by atoms with van der Waals surface area (Å²) >= 11 is 0. The molecule has 1 aliphatic heterocycles. The van der Waals surface area contributed by atoms with Gasteiger partial charge in [-0.15, -0.1) is 0 Å². The van der Waals surface area contributed by atoms with Gasteiger partial charge in [0.15, 0.2) is 0 Å². The number of fused-ring (bicyclic) bond motifs is 1. The van der Waals surface area contributed by atoms with Crippen LogP contribution in [-0.2, 0) is 20.9 Å². The first-order chi connectivity index (χ1) is 11.0. The number of amides is 1. The molecule has 0 saturated heterocycles. The van der Waals surface area contributed by atoms with Crippen molar-refractivity contribution in [3.8, 4) is 0 Å². The van der Waals surface area contributed by atoms with E-state index >= 15 is 0 Å². The molecule has 0 spiro atoms. The molecule has 1 N–H and O–H groups in total. The highest BCUT2D eigenvalue weighted by molar-refractivity contribution is 6.37. The molecular formula is C16H14N2O5. The maximum Gasteiger partial charge on any atom is 0.354 e. The maximum atomic E-state index is 11.9. The highest BCUT2D eigenvalue weighted by Gasteiger charge is 2.20. The van der Waals surface area contributed by atoms with Gasteiger partial charge in [-0.25, -0.2) is 15.0 Å². The number of carbonyl (C=O) groups is 2. The summed E-state index contributed by atoms with van der Waals surface area (Å²) in [6, 6.07) is 6.75. The topological polar surface area (TPSA) is 98.0 Å². The van der Waals surface area contributed by atoms with Crippen LogP contribution in [0.15, 0.2) is 38.6 Å². The summed E-state index contributed by atoms with van der Waals surface area (Å²) in [5.74, 6) is -0.845. The highest BCUT2D eigenvalue weighted by Crippen LogP contribution is 2.19. The van der Waals surface area contributed by atoms with Crippen molar-refractivity contribution in [3.05, 3.63) is 45.8 Å². The molecule has 0 fully saturated rings. The van der Waals surface area contributed by atoms with Crippen LogP contribution in [0.3, 0.4) is 0 Å². The molecule has 3 rings (SSSR count). The first-order valence-corrected chi connectivity index (χ1v) is 7.09. The van der Waals surface area contributed by atoms with Gasteiger partial charge in [-0.2, -0.15) is 5.10 Å². The summed E-state index contributed by atoms with van der Waals surface area (Å²) in [6.07, 6.45) is 0.437. The van der Waals surface area contributed by atoms with Crippen molar-refractivity contribution in [2.45, 2.75) is 26.4 Å². The quantitative estimate of drug-likeness (QED) is 0.682. The number of carbonyl (C=O) groups excluding carboxylic acids is 2. The molecule has 23 heavy (non-hydrogen) atoms. The van der Waals surface area contributed by atoms with Gasteiger partial charge in [0.05, 0.1) is 0 Å². The lowest BCUT2D eigenvalue weighted by Crippen LogP contribution is -2.30. The van der Waals surface area contributed by atoms with Crippen LogP contribution in [0, 0.1) is 6.92 Å². The van der Waals surface area contributed by atoms with E-state index in [1.165, 1.54) is 6.07 Å². The Morgan fingerprint density at radius 2 is 2.13 bits per heavy atom.